The van der Waals surface area contributed by atoms with Gasteiger partial charge in [0, 0.05) is 29.9 Å². The van der Waals surface area contributed by atoms with Gasteiger partial charge in [0.2, 0.25) is 11.8 Å². The van der Waals surface area contributed by atoms with Crippen molar-refractivity contribution in [3.8, 4) is 11.8 Å². The number of methoxy groups -OCH3 is 1. The van der Waals surface area contributed by atoms with E-state index >= 15 is 0 Å². The van der Waals surface area contributed by atoms with Gasteiger partial charge in [0.25, 0.3) is 5.91 Å². The molecule has 9 nitrogen and oxygen atoms in total. The number of nitrogens with one attached hydrogen (secondary N) is 3. The van der Waals surface area contributed by atoms with Gasteiger partial charge >= 0.3 is 0 Å². The van der Waals surface area contributed by atoms with Gasteiger partial charge in [-0.1, -0.05) is 36.4 Å². The molecule has 9 heteroatoms. The Labute approximate surface area is 221 Å². The van der Waals surface area contributed by atoms with Crippen molar-refractivity contribution in [3.63, 3.8) is 0 Å². The third-order valence-corrected chi connectivity index (χ3v) is 7.55. The van der Waals surface area contributed by atoms with E-state index in [4.69, 9.17) is 4.74 Å². The molecule has 38 heavy (non-hydrogen) atoms. The highest BCUT2D eigenvalue weighted by molar-refractivity contribution is 6.01. The molecule has 0 spiro atoms. The number of likely N-dealkylation sites (tertiary alicyclic amines) is 1. The van der Waals surface area contributed by atoms with Crippen molar-refractivity contribution < 1.29 is 19.1 Å². The summed E-state index contributed by atoms with van der Waals surface area (Å²) in [7, 11) is 1.58. The third-order valence-electron chi connectivity index (χ3n) is 7.55. The van der Waals surface area contributed by atoms with Crippen LogP contribution in [0.25, 0.3) is 10.9 Å². The Kier molecular flexibility index (Phi) is 7.31. The van der Waals surface area contributed by atoms with Crippen molar-refractivity contribution in [1.29, 1.82) is 5.26 Å². The Morgan fingerprint density at radius 2 is 2.03 bits per heavy atom. The second kappa shape index (κ2) is 11.0. The summed E-state index contributed by atoms with van der Waals surface area (Å²) < 4.78 is 5.44. The highest BCUT2D eigenvalue weighted by Crippen LogP contribution is 2.31. The maximum atomic E-state index is 13.8. The number of rotatable bonds is 8. The lowest BCUT2D eigenvalue weighted by Gasteiger charge is -2.25. The first-order valence-electron chi connectivity index (χ1n) is 12.9. The maximum Gasteiger partial charge on any atom is 0.270 e. The molecule has 2 saturated heterocycles. The minimum atomic E-state index is -0.807. The number of benzene rings is 2. The molecule has 0 bridgehead atoms. The Morgan fingerprint density at radius 3 is 2.74 bits per heavy atom. The van der Waals surface area contributed by atoms with Crippen LogP contribution in [0.15, 0.2) is 54.6 Å². The normalized spacial score (nSPS) is 21.6. The third kappa shape index (κ3) is 5.21. The van der Waals surface area contributed by atoms with Crippen LogP contribution in [0.1, 0.15) is 35.3 Å². The van der Waals surface area contributed by atoms with E-state index in [1.54, 1.807) is 18.1 Å². The van der Waals surface area contributed by atoms with Gasteiger partial charge in [0.05, 0.1) is 13.2 Å². The lowest BCUT2D eigenvalue weighted by atomic mass is 9.96. The van der Waals surface area contributed by atoms with E-state index in [0.29, 0.717) is 37.4 Å². The fourth-order valence-electron chi connectivity index (χ4n) is 5.63. The molecule has 2 aliphatic rings. The molecular weight excluding hydrogens is 482 g/mol. The monoisotopic (exact) mass is 513 g/mol. The van der Waals surface area contributed by atoms with Crippen molar-refractivity contribution in [1.82, 2.24) is 20.5 Å². The number of ether oxygens (including phenoxy) is 1. The van der Waals surface area contributed by atoms with Crippen LogP contribution in [0, 0.1) is 23.2 Å². The minimum Gasteiger partial charge on any atom is -0.496 e. The average Bonchev–Trinajstić information content (AvgIpc) is 3.66. The van der Waals surface area contributed by atoms with Crippen LogP contribution in [0.5, 0.6) is 5.75 Å². The Balaban J connectivity index is 1.37. The van der Waals surface area contributed by atoms with Gasteiger partial charge in [-0.25, -0.2) is 0 Å². The lowest BCUT2D eigenvalue weighted by Crippen LogP contribution is -2.49. The largest absolute Gasteiger partial charge is 0.496 e. The highest BCUT2D eigenvalue weighted by atomic mass is 16.5. The van der Waals surface area contributed by atoms with Gasteiger partial charge in [-0.2, -0.15) is 5.26 Å². The highest BCUT2D eigenvalue weighted by Gasteiger charge is 2.41. The number of fused-ring (bicyclic) bond motifs is 1. The van der Waals surface area contributed by atoms with E-state index in [-0.39, 0.29) is 36.0 Å². The van der Waals surface area contributed by atoms with Crippen LogP contribution in [-0.2, 0) is 16.0 Å². The topological polar surface area (TPSA) is 127 Å². The standard InChI is InChI=1S/C29H31N5O4/c1-38-26-9-5-8-23-22(26)15-24(33-23)29(37)34-17-19(12-18-6-3-2-4-7-18)13-25(34)28(36)32-21(16-30)14-20-10-11-31-27(20)35/h2-9,15,19-21,25,33H,10-14,17H2,1H3,(H,31,35)(H,32,36)/t19?,20-,21-,25-/m0/s1. The Bertz CT molecular complexity index is 1380. The van der Waals surface area contributed by atoms with Crippen molar-refractivity contribution >= 4 is 28.6 Å². The van der Waals surface area contributed by atoms with Crippen LogP contribution in [-0.4, -0.2) is 59.9 Å². The average molecular weight is 514 g/mol. The van der Waals surface area contributed by atoms with E-state index in [9.17, 15) is 19.6 Å². The number of nitriles is 1. The van der Waals surface area contributed by atoms with Gasteiger partial charge < -0.3 is 25.3 Å². The van der Waals surface area contributed by atoms with Crippen molar-refractivity contribution in [3.05, 3.63) is 65.9 Å². The van der Waals surface area contributed by atoms with E-state index < -0.39 is 12.1 Å². The molecule has 3 amide bonds. The summed E-state index contributed by atoms with van der Waals surface area (Å²) in [5.41, 5.74) is 2.29. The SMILES string of the molecule is COc1cccc2[nH]c(C(=O)N3CC(Cc4ccccc4)C[C@H]3C(=O)N[C@H](C#N)C[C@@H]3CCNC3=O)cc12. The van der Waals surface area contributed by atoms with Crippen molar-refractivity contribution in [2.24, 2.45) is 11.8 Å². The predicted octanol–water partition coefficient (Wildman–Crippen LogP) is 2.78. The van der Waals surface area contributed by atoms with E-state index in [1.165, 1.54) is 0 Å². The smallest absolute Gasteiger partial charge is 0.270 e. The van der Waals surface area contributed by atoms with Crippen LogP contribution in [0.2, 0.25) is 0 Å². The molecule has 2 aliphatic heterocycles. The Hall–Kier alpha value is -4.32. The predicted molar refractivity (Wildman–Crippen MR) is 141 cm³/mol. The van der Waals surface area contributed by atoms with Crippen molar-refractivity contribution in [2.75, 3.05) is 20.2 Å². The molecule has 1 aromatic heterocycles. The first-order valence-corrected chi connectivity index (χ1v) is 12.9. The van der Waals surface area contributed by atoms with Gasteiger partial charge in [-0.05, 0) is 55.4 Å². The summed E-state index contributed by atoms with van der Waals surface area (Å²) in [4.78, 5) is 44.0. The zero-order valence-electron chi connectivity index (χ0n) is 21.3. The van der Waals surface area contributed by atoms with Crippen LogP contribution < -0.4 is 15.4 Å². The number of hydrogen-bond donors (Lipinski definition) is 3. The Morgan fingerprint density at radius 1 is 1.21 bits per heavy atom. The summed E-state index contributed by atoms with van der Waals surface area (Å²) in [5.74, 6) is -0.293. The van der Waals surface area contributed by atoms with E-state index in [2.05, 4.69) is 21.7 Å². The molecule has 2 fully saturated rings. The maximum absolute atomic E-state index is 13.8. The summed E-state index contributed by atoms with van der Waals surface area (Å²) in [6.45, 7) is 0.998. The molecule has 2 aromatic carbocycles. The molecule has 0 aliphatic carbocycles. The van der Waals surface area contributed by atoms with Crippen LogP contribution >= 0.6 is 0 Å². The first-order chi connectivity index (χ1) is 18.5. The number of hydrogen-bond acceptors (Lipinski definition) is 5. The molecule has 3 aromatic rings. The van der Waals surface area contributed by atoms with Crippen molar-refractivity contribution in [2.45, 2.75) is 37.8 Å². The summed E-state index contributed by atoms with van der Waals surface area (Å²) in [5, 5.41) is 16.1. The zero-order chi connectivity index (χ0) is 26.6. The molecule has 4 atom stereocenters. The zero-order valence-corrected chi connectivity index (χ0v) is 21.3. The molecule has 5 rings (SSSR count). The first kappa shape index (κ1) is 25.3. The molecule has 3 N–H and O–H groups in total. The van der Waals surface area contributed by atoms with Gasteiger partial charge in [0.1, 0.15) is 23.5 Å². The van der Waals surface area contributed by atoms with Gasteiger partial charge in [0.15, 0.2) is 0 Å². The molecule has 196 valence electrons. The summed E-state index contributed by atoms with van der Waals surface area (Å²) >= 11 is 0. The van der Waals surface area contributed by atoms with E-state index in [0.717, 1.165) is 22.9 Å². The van der Waals surface area contributed by atoms with Gasteiger partial charge in [-0.15, -0.1) is 0 Å². The number of carbonyl (C=O) groups excluding carboxylic acids is 3. The second-order valence-corrected chi connectivity index (χ2v) is 10.1. The van der Waals surface area contributed by atoms with Crippen LogP contribution in [0.4, 0.5) is 0 Å². The number of carbonyl (C=O) groups is 3. The quantitative estimate of drug-likeness (QED) is 0.427. The lowest BCUT2D eigenvalue weighted by molar-refractivity contribution is -0.126. The summed E-state index contributed by atoms with van der Waals surface area (Å²) in [6.07, 6.45) is 2.12. The molecule has 3 heterocycles. The van der Waals surface area contributed by atoms with Crippen LogP contribution in [0.3, 0.4) is 0 Å². The number of aromatic amines is 1. The number of nitrogens with zero attached hydrogens (tertiary/aromatic N) is 2. The number of H-pyrrole nitrogens is 1. The second-order valence-electron chi connectivity index (χ2n) is 10.1. The molecule has 1 unspecified atom stereocenters. The van der Waals surface area contributed by atoms with E-state index in [1.807, 2.05) is 48.5 Å². The molecule has 0 saturated carbocycles. The summed E-state index contributed by atoms with van der Waals surface area (Å²) in [6, 6.07) is 17.9. The molecular formula is C29H31N5O4. The van der Waals surface area contributed by atoms with Gasteiger partial charge in [-0.3, -0.25) is 14.4 Å². The minimum absolute atomic E-state index is 0.0807. The molecule has 0 radical (unpaired) electrons. The fraction of sp³-hybridized carbons (Fsp3) is 0.379. The fourth-order valence-corrected chi connectivity index (χ4v) is 5.63. The number of aromatic nitrogens is 1. The number of amides is 3.